The van der Waals surface area contributed by atoms with E-state index in [4.69, 9.17) is 5.73 Å². The predicted molar refractivity (Wildman–Crippen MR) is 35.5 cm³/mol. The number of anilines is 1. The fourth-order valence-electron chi connectivity index (χ4n) is 0.670. The molecule has 9 heavy (non-hydrogen) atoms. The Morgan fingerprint density at radius 1 is 1.44 bits per heavy atom. The number of benzene rings is 1. The maximum atomic E-state index is 12.6. The number of rotatable bonds is 0. The van der Waals surface area contributed by atoms with E-state index < -0.39 is 0 Å². The molecule has 1 aromatic rings. The largest absolute Gasteiger partial charge is 0.396 e. The minimum atomic E-state index is -0.308. The monoisotopic (exact) mass is 125 g/mol. The number of hydrogen-bond acceptors (Lipinski definition) is 1. The minimum Gasteiger partial charge on any atom is -0.396 e. The maximum absolute atomic E-state index is 12.6. The molecule has 0 bridgehead atoms. The lowest BCUT2D eigenvalue weighted by Gasteiger charge is -1.96. The molecule has 48 valence electrons. The smallest absolute Gasteiger partial charge is 0.148 e. The number of nitrogen functional groups attached to an aromatic ring is 1. The molecule has 2 heteroatoms. The van der Waals surface area contributed by atoms with Crippen molar-refractivity contribution in [3.63, 3.8) is 0 Å². The van der Waals surface area contributed by atoms with Gasteiger partial charge in [0, 0.05) is 0 Å². The average molecular weight is 125 g/mol. The van der Waals surface area contributed by atoms with Gasteiger partial charge in [0.15, 0.2) is 0 Å². The second-order valence-corrected chi connectivity index (χ2v) is 1.98. The highest BCUT2D eigenvalue weighted by Crippen LogP contribution is 2.12. The quantitative estimate of drug-likeness (QED) is 0.525. The van der Waals surface area contributed by atoms with Gasteiger partial charge in [-0.1, -0.05) is 12.1 Å². The number of aryl methyl sites for hydroxylation is 1. The lowest BCUT2D eigenvalue weighted by molar-refractivity contribution is 0.623. The van der Waals surface area contributed by atoms with Crippen molar-refractivity contribution in [2.75, 3.05) is 5.73 Å². The van der Waals surface area contributed by atoms with E-state index in [1.54, 1.807) is 25.1 Å². The Morgan fingerprint density at radius 2 is 2.11 bits per heavy atom. The van der Waals surface area contributed by atoms with Crippen LogP contribution in [0.1, 0.15) is 5.56 Å². The molecule has 0 radical (unpaired) electrons. The molecule has 0 aliphatic carbocycles. The number of halogens is 1. The van der Waals surface area contributed by atoms with Crippen molar-refractivity contribution in [2.45, 2.75) is 6.92 Å². The van der Waals surface area contributed by atoms with Crippen LogP contribution in [0.15, 0.2) is 18.2 Å². The fourth-order valence-corrected chi connectivity index (χ4v) is 0.670. The molecule has 0 saturated heterocycles. The molecule has 0 spiro atoms. The van der Waals surface area contributed by atoms with E-state index in [0.717, 1.165) is 0 Å². The van der Waals surface area contributed by atoms with Crippen molar-refractivity contribution in [3.8, 4) is 0 Å². The van der Waals surface area contributed by atoms with Crippen molar-refractivity contribution in [3.05, 3.63) is 29.6 Å². The van der Waals surface area contributed by atoms with Gasteiger partial charge in [-0.25, -0.2) is 4.39 Å². The number of hydrogen-bond donors (Lipinski definition) is 1. The van der Waals surface area contributed by atoms with E-state index in [-0.39, 0.29) is 11.5 Å². The summed E-state index contributed by atoms with van der Waals surface area (Å²) in [6, 6.07) is 4.96. The molecule has 0 saturated carbocycles. The molecule has 0 atom stereocenters. The van der Waals surface area contributed by atoms with Crippen LogP contribution in [0.25, 0.3) is 0 Å². The highest BCUT2D eigenvalue weighted by atomic mass is 19.1. The van der Waals surface area contributed by atoms with Crippen molar-refractivity contribution in [2.24, 2.45) is 0 Å². The zero-order valence-electron chi connectivity index (χ0n) is 5.19. The van der Waals surface area contributed by atoms with Crippen LogP contribution >= 0.6 is 0 Å². The first-order valence-corrected chi connectivity index (χ1v) is 2.72. The van der Waals surface area contributed by atoms with Crippen LogP contribution < -0.4 is 5.73 Å². The molecule has 0 unspecified atom stereocenters. The molecule has 0 aliphatic rings. The molecule has 1 aromatic carbocycles. The second kappa shape index (κ2) is 2.05. The summed E-state index contributed by atoms with van der Waals surface area (Å²) in [5, 5.41) is 0. The number of nitrogens with two attached hydrogens (primary N) is 1. The predicted octanol–water partition coefficient (Wildman–Crippen LogP) is 1.72. The Kier molecular flexibility index (Phi) is 1.39. The van der Waals surface area contributed by atoms with E-state index in [2.05, 4.69) is 0 Å². The van der Waals surface area contributed by atoms with Crippen LogP contribution in [-0.4, -0.2) is 0 Å². The van der Waals surface area contributed by atoms with Crippen molar-refractivity contribution in [1.82, 2.24) is 0 Å². The van der Waals surface area contributed by atoms with Crippen LogP contribution in [0.4, 0.5) is 10.1 Å². The van der Waals surface area contributed by atoms with E-state index in [0.29, 0.717) is 5.56 Å². The fraction of sp³-hybridized carbons (Fsp3) is 0.143. The third kappa shape index (κ3) is 1.02. The van der Waals surface area contributed by atoms with Gasteiger partial charge in [-0.05, 0) is 18.6 Å². The molecule has 0 heterocycles. The van der Waals surface area contributed by atoms with Crippen LogP contribution in [0, 0.1) is 12.7 Å². The van der Waals surface area contributed by atoms with Crippen LogP contribution in [0.5, 0.6) is 0 Å². The first-order valence-electron chi connectivity index (χ1n) is 2.72. The maximum Gasteiger partial charge on any atom is 0.148 e. The van der Waals surface area contributed by atoms with Crippen molar-refractivity contribution < 1.29 is 4.39 Å². The molecular weight excluding hydrogens is 117 g/mol. The summed E-state index contributed by atoms with van der Waals surface area (Å²) in [6.07, 6.45) is 0. The first-order chi connectivity index (χ1) is 4.22. The van der Waals surface area contributed by atoms with Gasteiger partial charge in [0.1, 0.15) is 5.82 Å². The third-order valence-electron chi connectivity index (χ3n) is 1.22. The SMILES string of the molecule is Cc1cccc(N)c1F. The van der Waals surface area contributed by atoms with Crippen LogP contribution in [0.2, 0.25) is 0 Å². The van der Waals surface area contributed by atoms with Gasteiger partial charge in [0.25, 0.3) is 0 Å². The van der Waals surface area contributed by atoms with Gasteiger partial charge in [-0.15, -0.1) is 0 Å². The molecule has 0 fully saturated rings. The topological polar surface area (TPSA) is 26.0 Å². The Hall–Kier alpha value is -1.05. The molecule has 2 N–H and O–H groups in total. The van der Waals surface area contributed by atoms with Crippen LogP contribution in [0.3, 0.4) is 0 Å². The van der Waals surface area contributed by atoms with E-state index >= 15 is 0 Å². The Bertz CT molecular complexity index is 200. The zero-order chi connectivity index (χ0) is 6.85. The summed E-state index contributed by atoms with van der Waals surface area (Å²) in [7, 11) is 0. The normalized spacial score (nSPS) is 9.56. The minimum absolute atomic E-state index is 0.218. The van der Waals surface area contributed by atoms with Gasteiger partial charge in [-0.3, -0.25) is 0 Å². The summed E-state index contributed by atoms with van der Waals surface area (Å²) >= 11 is 0. The second-order valence-electron chi connectivity index (χ2n) is 1.98. The highest BCUT2D eigenvalue weighted by Gasteiger charge is 1.97. The molecule has 0 aromatic heterocycles. The summed E-state index contributed by atoms with van der Waals surface area (Å²) in [5.74, 6) is -0.308. The van der Waals surface area contributed by atoms with Crippen molar-refractivity contribution >= 4 is 5.69 Å². The molecule has 1 rings (SSSR count). The lowest BCUT2D eigenvalue weighted by atomic mass is 10.2. The van der Waals surface area contributed by atoms with Crippen LogP contribution in [-0.2, 0) is 0 Å². The highest BCUT2D eigenvalue weighted by molar-refractivity contribution is 5.42. The summed E-state index contributed by atoms with van der Waals surface area (Å²) in [5.41, 5.74) is 6.06. The van der Waals surface area contributed by atoms with Gasteiger partial charge < -0.3 is 5.73 Å². The average Bonchev–Trinajstić information content (AvgIpc) is 1.83. The Morgan fingerprint density at radius 3 is 2.56 bits per heavy atom. The molecule has 0 amide bonds. The molecule has 1 nitrogen and oxygen atoms in total. The molecule has 0 aliphatic heterocycles. The third-order valence-corrected chi connectivity index (χ3v) is 1.22. The van der Waals surface area contributed by atoms with E-state index in [9.17, 15) is 4.39 Å². The van der Waals surface area contributed by atoms with Gasteiger partial charge in [-0.2, -0.15) is 0 Å². The Balaban J connectivity index is 3.25. The van der Waals surface area contributed by atoms with E-state index in [1.165, 1.54) is 0 Å². The van der Waals surface area contributed by atoms with Gasteiger partial charge in [0.05, 0.1) is 5.69 Å². The van der Waals surface area contributed by atoms with E-state index in [1.807, 2.05) is 0 Å². The summed E-state index contributed by atoms with van der Waals surface area (Å²) in [6.45, 7) is 1.69. The van der Waals surface area contributed by atoms with Crippen molar-refractivity contribution in [1.29, 1.82) is 0 Å². The van der Waals surface area contributed by atoms with Gasteiger partial charge >= 0.3 is 0 Å². The standard InChI is InChI=1S/C7H8FN/c1-5-3-2-4-6(9)7(5)8/h2-4H,9H2,1H3. The lowest BCUT2D eigenvalue weighted by Crippen LogP contribution is -1.91. The summed E-state index contributed by atoms with van der Waals surface area (Å²) < 4.78 is 12.6. The molecular formula is C7H8FN. The zero-order valence-corrected chi connectivity index (χ0v) is 5.19. The first kappa shape index (κ1) is 6.08. The Labute approximate surface area is 53.3 Å². The summed E-state index contributed by atoms with van der Waals surface area (Å²) in [4.78, 5) is 0. The van der Waals surface area contributed by atoms with Gasteiger partial charge in [0.2, 0.25) is 0 Å².